The maximum atomic E-state index is 12.2. The summed E-state index contributed by atoms with van der Waals surface area (Å²) >= 11 is 0. The molecule has 3 rings (SSSR count). The molecule has 3 heterocycles. The lowest BCUT2D eigenvalue weighted by Crippen LogP contribution is -2.33. The number of hydrogen-bond donors (Lipinski definition) is 3. The van der Waals surface area contributed by atoms with Gasteiger partial charge in [-0.05, 0) is 26.8 Å². The monoisotopic (exact) mass is 362 g/mol. The van der Waals surface area contributed by atoms with E-state index in [2.05, 4.69) is 20.8 Å². The summed E-state index contributed by atoms with van der Waals surface area (Å²) in [6, 6.07) is 3.31. The van der Waals surface area contributed by atoms with Gasteiger partial charge in [-0.15, -0.1) is 0 Å². The first-order valence-corrected chi connectivity index (χ1v) is 8.42. The number of nitrogens with one attached hydrogen (secondary N) is 3. The van der Waals surface area contributed by atoms with Gasteiger partial charge in [-0.25, -0.2) is 4.79 Å². The Hall–Kier alpha value is -2.81. The highest BCUT2D eigenvalue weighted by atomic mass is 16.6. The fraction of sp³-hybridized carbons (Fsp3) is 0.471. The molecule has 0 aromatic carbocycles. The van der Waals surface area contributed by atoms with E-state index in [1.807, 2.05) is 13.8 Å². The molecule has 2 amide bonds. The topological polar surface area (TPSA) is 118 Å². The quantitative estimate of drug-likeness (QED) is 0.752. The van der Waals surface area contributed by atoms with Crippen LogP contribution in [0.3, 0.4) is 0 Å². The van der Waals surface area contributed by atoms with Crippen molar-refractivity contribution in [2.45, 2.75) is 45.4 Å². The number of carbonyl (C=O) groups excluding carboxylic acids is 2. The summed E-state index contributed by atoms with van der Waals surface area (Å²) in [4.78, 5) is 23.8. The van der Waals surface area contributed by atoms with Gasteiger partial charge in [-0.1, -0.05) is 0 Å². The Morgan fingerprint density at radius 3 is 2.92 bits per heavy atom. The summed E-state index contributed by atoms with van der Waals surface area (Å²) in [6.07, 6.45) is 0.918. The van der Waals surface area contributed by atoms with E-state index in [9.17, 15) is 9.59 Å². The molecule has 1 saturated heterocycles. The van der Waals surface area contributed by atoms with E-state index in [1.165, 1.54) is 6.26 Å². The number of aryl methyl sites for hydroxylation is 1. The van der Waals surface area contributed by atoms with E-state index in [-0.39, 0.29) is 24.2 Å². The average molecular weight is 362 g/mol. The number of furan rings is 1. The lowest BCUT2D eigenvalue weighted by atomic mass is 10.1. The van der Waals surface area contributed by atoms with E-state index in [1.54, 1.807) is 19.1 Å². The second-order valence-electron chi connectivity index (χ2n) is 6.44. The van der Waals surface area contributed by atoms with Crippen LogP contribution in [0.4, 0.5) is 10.6 Å². The van der Waals surface area contributed by atoms with Crippen LogP contribution in [0.2, 0.25) is 0 Å². The summed E-state index contributed by atoms with van der Waals surface area (Å²) in [5, 5.41) is 12.3. The second kappa shape index (κ2) is 7.61. The van der Waals surface area contributed by atoms with Crippen molar-refractivity contribution in [1.82, 2.24) is 15.5 Å². The van der Waals surface area contributed by atoms with Crippen molar-refractivity contribution in [2.75, 3.05) is 11.9 Å². The Labute approximate surface area is 150 Å². The number of anilines is 1. The van der Waals surface area contributed by atoms with Crippen LogP contribution in [0.5, 0.6) is 0 Å². The largest absolute Gasteiger partial charge is 0.469 e. The van der Waals surface area contributed by atoms with Crippen molar-refractivity contribution in [3.63, 3.8) is 0 Å². The highest BCUT2D eigenvalue weighted by Crippen LogP contribution is 2.30. The van der Waals surface area contributed by atoms with Gasteiger partial charge in [0.15, 0.2) is 5.82 Å². The Balaban J connectivity index is 1.54. The van der Waals surface area contributed by atoms with Crippen LogP contribution in [0.15, 0.2) is 22.8 Å². The highest BCUT2D eigenvalue weighted by molar-refractivity contribution is 6.04. The zero-order chi connectivity index (χ0) is 18.7. The maximum Gasteiger partial charge on any atom is 0.407 e. The third kappa shape index (κ3) is 4.23. The minimum absolute atomic E-state index is 0.0123. The number of amides is 2. The molecule has 0 aliphatic carbocycles. The first-order valence-electron chi connectivity index (χ1n) is 8.42. The summed E-state index contributed by atoms with van der Waals surface area (Å²) < 4.78 is 16.1. The molecule has 3 N–H and O–H groups in total. The van der Waals surface area contributed by atoms with Crippen LogP contribution in [0.1, 0.15) is 48.2 Å². The van der Waals surface area contributed by atoms with Gasteiger partial charge in [-0.2, -0.15) is 5.10 Å². The van der Waals surface area contributed by atoms with Crippen LogP contribution in [-0.2, 0) is 9.47 Å². The van der Waals surface area contributed by atoms with E-state index < -0.39 is 6.09 Å². The predicted octanol–water partition coefficient (Wildman–Crippen LogP) is 2.53. The van der Waals surface area contributed by atoms with Crippen molar-refractivity contribution in [1.29, 1.82) is 0 Å². The van der Waals surface area contributed by atoms with E-state index >= 15 is 0 Å². The number of nitrogens with zero attached hydrogens (tertiary/aromatic N) is 1. The van der Waals surface area contributed by atoms with Gasteiger partial charge in [0.1, 0.15) is 18.0 Å². The number of H-pyrrole nitrogens is 1. The molecule has 1 aliphatic heterocycles. The molecule has 9 heteroatoms. The number of alkyl carbamates (subject to hydrolysis) is 1. The molecule has 2 aromatic heterocycles. The number of carbonyl (C=O) groups is 2. The molecule has 0 unspecified atom stereocenters. The molecule has 1 aliphatic rings. The van der Waals surface area contributed by atoms with Crippen LogP contribution in [-0.4, -0.2) is 41.0 Å². The molecule has 9 nitrogen and oxygen atoms in total. The van der Waals surface area contributed by atoms with Crippen molar-refractivity contribution in [3.8, 4) is 0 Å². The molecule has 0 saturated carbocycles. The lowest BCUT2D eigenvalue weighted by Gasteiger charge is -2.13. The van der Waals surface area contributed by atoms with E-state index in [4.69, 9.17) is 13.9 Å². The summed E-state index contributed by atoms with van der Waals surface area (Å²) in [7, 11) is 0. The van der Waals surface area contributed by atoms with Crippen LogP contribution >= 0.6 is 0 Å². The fourth-order valence-electron chi connectivity index (χ4n) is 2.69. The van der Waals surface area contributed by atoms with Crippen molar-refractivity contribution < 1.29 is 23.5 Å². The Morgan fingerprint density at radius 2 is 2.23 bits per heavy atom. The van der Waals surface area contributed by atoms with Gasteiger partial charge in [0.05, 0.1) is 24.1 Å². The molecule has 2 atom stereocenters. The van der Waals surface area contributed by atoms with Crippen LogP contribution < -0.4 is 10.6 Å². The number of aromatic nitrogens is 2. The Morgan fingerprint density at radius 1 is 1.42 bits per heavy atom. The maximum absolute atomic E-state index is 12.2. The molecule has 26 heavy (non-hydrogen) atoms. The predicted molar refractivity (Wildman–Crippen MR) is 91.8 cm³/mol. The van der Waals surface area contributed by atoms with Crippen LogP contribution in [0, 0.1) is 6.92 Å². The summed E-state index contributed by atoms with van der Waals surface area (Å²) in [5.74, 6) is 0.626. The SMILES string of the molecule is Cc1occc1C(=O)Nc1cc([C@@H]2C[C@H](OC(=O)NC(C)C)CO2)[nH]n1. The first kappa shape index (κ1) is 18.0. The third-order valence-electron chi connectivity index (χ3n) is 3.93. The van der Waals surface area contributed by atoms with Gasteiger partial charge in [0.2, 0.25) is 0 Å². The number of ether oxygens (including phenoxy) is 2. The van der Waals surface area contributed by atoms with Crippen molar-refractivity contribution >= 4 is 17.8 Å². The zero-order valence-electron chi connectivity index (χ0n) is 14.9. The summed E-state index contributed by atoms with van der Waals surface area (Å²) in [5.41, 5.74) is 1.16. The van der Waals surface area contributed by atoms with Crippen LogP contribution in [0.25, 0.3) is 0 Å². The fourth-order valence-corrected chi connectivity index (χ4v) is 2.69. The van der Waals surface area contributed by atoms with Gasteiger partial charge in [0.25, 0.3) is 5.91 Å². The third-order valence-corrected chi connectivity index (χ3v) is 3.93. The average Bonchev–Trinajstić information content (AvgIpc) is 3.27. The van der Waals surface area contributed by atoms with Gasteiger partial charge in [-0.3, -0.25) is 9.89 Å². The highest BCUT2D eigenvalue weighted by Gasteiger charge is 2.31. The minimum atomic E-state index is -0.456. The molecule has 140 valence electrons. The standard InChI is InChI=1S/C17H22N4O5/c1-9(2)18-17(23)26-11-6-14(25-8-11)13-7-15(21-20-13)19-16(22)12-4-5-24-10(12)3/h4-5,7,9,11,14H,6,8H2,1-3H3,(H,18,23)(H2,19,20,21,22)/t11-,14-/m0/s1. The lowest BCUT2D eigenvalue weighted by molar-refractivity contribution is 0.0682. The zero-order valence-corrected chi connectivity index (χ0v) is 14.9. The molecule has 1 fully saturated rings. The first-order chi connectivity index (χ1) is 12.4. The second-order valence-corrected chi connectivity index (χ2v) is 6.44. The van der Waals surface area contributed by atoms with Gasteiger partial charge in [0, 0.05) is 18.5 Å². The number of aromatic amines is 1. The Bertz CT molecular complexity index is 782. The van der Waals surface area contributed by atoms with Gasteiger partial charge >= 0.3 is 6.09 Å². The van der Waals surface area contributed by atoms with Gasteiger partial charge < -0.3 is 24.5 Å². The minimum Gasteiger partial charge on any atom is -0.469 e. The Kier molecular flexibility index (Phi) is 5.27. The molecule has 0 bridgehead atoms. The van der Waals surface area contributed by atoms with E-state index in [0.29, 0.717) is 35.9 Å². The van der Waals surface area contributed by atoms with E-state index in [0.717, 1.165) is 0 Å². The number of hydrogen-bond acceptors (Lipinski definition) is 6. The van der Waals surface area contributed by atoms with Crippen molar-refractivity contribution in [3.05, 3.63) is 35.4 Å². The smallest absolute Gasteiger partial charge is 0.407 e. The molecule has 0 spiro atoms. The number of rotatable bonds is 5. The normalized spacial score (nSPS) is 19.5. The molecular weight excluding hydrogens is 340 g/mol. The molecular formula is C17H22N4O5. The molecule has 0 radical (unpaired) electrons. The summed E-state index contributed by atoms with van der Waals surface area (Å²) in [6.45, 7) is 5.75. The van der Waals surface area contributed by atoms with Crippen molar-refractivity contribution in [2.24, 2.45) is 0 Å². The molecule has 2 aromatic rings.